The highest BCUT2D eigenvalue weighted by molar-refractivity contribution is 7.12. The summed E-state index contributed by atoms with van der Waals surface area (Å²) in [6.07, 6.45) is 1.59. The van der Waals surface area contributed by atoms with Gasteiger partial charge in [0.05, 0.1) is 16.4 Å². The standard InChI is InChI=1S/C15H22ClN3S/c1-5-12-15(16)13(19(6-2)18-12)8-11(17)14-7-9(3)10(4)20-14/h7,11H,5-6,8,17H2,1-4H3. The lowest BCUT2D eigenvalue weighted by molar-refractivity contribution is 0.588. The van der Waals surface area contributed by atoms with Gasteiger partial charge in [-0.3, -0.25) is 4.68 Å². The van der Waals surface area contributed by atoms with Crippen molar-refractivity contribution in [3.8, 4) is 0 Å². The summed E-state index contributed by atoms with van der Waals surface area (Å²) in [5.74, 6) is 0. The summed E-state index contributed by atoms with van der Waals surface area (Å²) >= 11 is 8.22. The van der Waals surface area contributed by atoms with E-state index < -0.39 is 0 Å². The largest absolute Gasteiger partial charge is 0.323 e. The third kappa shape index (κ3) is 2.92. The zero-order chi connectivity index (χ0) is 14.9. The molecule has 0 aliphatic rings. The molecule has 110 valence electrons. The monoisotopic (exact) mass is 311 g/mol. The first-order valence-corrected chi connectivity index (χ1v) is 8.23. The van der Waals surface area contributed by atoms with E-state index in [2.05, 4.69) is 38.9 Å². The minimum absolute atomic E-state index is 0.0170. The molecule has 0 radical (unpaired) electrons. The van der Waals surface area contributed by atoms with E-state index in [1.165, 1.54) is 15.3 Å². The first-order valence-electron chi connectivity index (χ1n) is 7.04. The maximum absolute atomic E-state index is 6.44. The van der Waals surface area contributed by atoms with Crippen molar-refractivity contribution in [1.29, 1.82) is 0 Å². The lowest BCUT2D eigenvalue weighted by atomic mass is 10.1. The molecule has 0 aliphatic heterocycles. The third-order valence-corrected chi connectivity index (χ3v) is 5.38. The summed E-state index contributed by atoms with van der Waals surface area (Å²) < 4.78 is 1.98. The Labute approximate surface area is 129 Å². The molecule has 0 aliphatic carbocycles. The lowest BCUT2D eigenvalue weighted by Gasteiger charge is -2.11. The average molecular weight is 312 g/mol. The van der Waals surface area contributed by atoms with E-state index in [4.69, 9.17) is 17.3 Å². The second-order valence-corrected chi connectivity index (χ2v) is 6.74. The van der Waals surface area contributed by atoms with Gasteiger partial charge in [-0.15, -0.1) is 11.3 Å². The number of rotatable bonds is 5. The predicted molar refractivity (Wildman–Crippen MR) is 86.7 cm³/mol. The summed E-state index contributed by atoms with van der Waals surface area (Å²) in [7, 11) is 0. The Bertz CT molecular complexity index is 581. The SMILES string of the molecule is CCc1nn(CC)c(CC(N)c2cc(C)c(C)s2)c1Cl. The van der Waals surface area contributed by atoms with Gasteiger partial charge in [0.2, 0.25) is 0 Å². The van der Waals surface area contributed by atoms with Crippen molar-refractivity contribution in [2.75, 3.05) is 0 Å². The number of nitrogens with two attached hydrogens (primary N) is 1. The van der Waals surface area contributed by atoms with Crippen molar-refractivity contribution in [1.82, 2.24) is 9.78 Å². The number of halogens is 1. The Balaban J connectivity index is 2.27. The lowest BCUT2D eigenvalue weighted by Crippen LogP contribution is -2.15. The average Bonchev–Trinajstić information content (AvgIpc) is 2.92. The molecular weight excluding hydrogens is 290 g/mol. The van der Waals surface area contributed by atoms with Crippen LogP contribution < -0.4 is 5.73 Å². The van der Waals surface area contributed by atoms with Crippen LogP contribution in [0.5, 0.6) is 0 Å². The van der Waals surface area contributed by atoms with Gasteiger partial charge in [0.15, 0.2) is 0 Å². The van der Waals surface area contributed by atoms with Crippen LogP contribution in [0, 0.1) is 13.8 Å². The van der Waals surface area contributed by atoms with Gasteiger partial charge >= 0.3 is 0 Å². The Hall–Kier alpha value is -0.840. The summed E-state index contributed by atoms with van der Waals surface area (Å²) in [5.41, 5.74) is 9.70. The number of thiophene rings is 1. The van der Waals surface area contributed by atoms with Crippen molar-refractivity contribution in [2.45, 2.75) is 53.1 Å². The highest BCUT2D eigenvalue weighted by atomic mass is 35.5. The van der Waals surface area contributed by atoms with Crippen LogP contribution in [0.25, 0.3) is 0 Å². The summed E-state index contributed by atoms with van der Waals surface area (Å²) in [5, 5.41) is 5.34. The van der Waals surface area contributed by atoms with E-state index in [0.29, 0.717) is 0 Å². The van der Waals surface area contributed by atoms with Crippen LogP contribution in [0.15, 0.2) is 6.07 Å². The quantitative estimate of drug-likeness (QED) is 0.905. The molecule has 2 rings (SSSR count). The number of hydrogen-bond donors (Lipinski definition) is 1. The van der Waals surface area contributed by atoms with Crippen molar-refractivity contribution in [2.24, 2.45) is 5.73 Å². The van der Waals surface area contributed by atoms with Gasteiger partial charge in [-0.2, -0.15) is 5.10 Å². The van der Waals surface area contributed by atoms with Crippen LogP contribution in [0.3, 0.4) is 0 Å². The first kappa shape index (κ1) is 15.5. The van der Waals surface area contributed by atoms with Crippen molar-refractivity contribution in [3.63, 3.8) is 0 Å². The molecule has 2 N–H and O–H groups in total. The van der Waals surface area contributed by atoms with Gasteiger partial charge in [0.25, 0.3) is 0 Å². The van der Waals surface area contributed by atoms with E-state index >= 15 is 0 Å². The van der Waals surface area contributed by atoms with Crippen molar-refractivity contribution < 1.29 is 0 Å². The zero-order valence-corrected chi connectivity index (χ0v) is 14.1. The first-order chi connectivity index (χ1) is 9.47. The molecule has 0 amide bonds. The van der Waals surface area contributed by atoms with E-state index in [-0.39, 0.29) is 6.04 Å². The molecule has 0 bridgehead atoms. The molecule has 1 unspecified atom stereocenters. The third-order valence-electron chi connectivity index (χ3n) is 3.66. The second-order valence-electron chi connectivity index (χ2n) is 5.08. The number of nitrogens with zero attached hydrogens (tertiary/aromatic N) is 2. The summed E-state index contributed by atoms with van der Waals surface area (Å²) in [6, 6.07) is 2.17. The van der Waals surface area contributed by atoms with Gasteiger partial charge < -0.3 is 5.73 Å². The highest BCUT2D eigenvalue weighted by Crippen LogP contribution is 2.30. The van der Waals surface area contributed by atoms with Crippen LogP contribution in [-0.2, 0) is 19.4 Å². The zero-order valence-electron chi connectivity index (χ0n) is 12.5. The molecule has 2 aromatic rings. The van der Waals surface area contributed by atoms with Gasteiger partial charge in [-0.1, -0.05) is 18.5 Å². The molecule has 5 heteroatoms. The number of aromatic nitrogens is 2. The van der Waals surface area contributed by atoms with E-state index in [1.54, 1.807) is 11.3 Å². The Morgan fingerprint density at radius 2 is 2.10 bits per heavy atom. The van der Waals surface area contributed by atoms with E-state index in [0.717, 1.165) is 35.8 Å². The molecule has 3 nitrogen and oxygen atoms in total. The predicted octanol–water partition coefficient (Wildman–Crippen LogP) is 4.04. The van der Waals surface area contributed by atoms with Crippen molar-refractivity contribution >= 4 is 22.9 Å². The summed E-state index contributed by atoms with van der Waals surface area (Å²) in [4.78, 5) is 2.55. The van der Waals surface area contributed by atoms with Gasteiger partial charge in [-0.25, -0.2) is 0 Å². The fourth-order valence-corrected chi connectivity index (χ4v) is 3.70. The van der Waals surface area contributed by atoms with Crippen LogP contribution in [0.4, 0.5) is 0 Å². The maximum atomic E-state index is 6.44. The van der Waals surface area contributed by atoms with Gasteiger partial charge in [-0.05, 0) is 38.8 Å². The van der Waals surface area contributed by atoms with E-state index in [9.17, 15) is 0 Å². The number of aryl methyl sites for hydroxylation is 4. The molecule has 0 spiro atoms. The smallest absolute Gasteiger partial charge is 0.0850 e. The normalized spacial score (nSPS) is 12.9. The minimum atomic E-state index is -0.0170. The van der Waals surface area contributed by atoms with Crippen molar-refractivity contribution in [3.05, 3.63) is 37.8 Å². The molecule has 0 saturated carbocycles. The topological polar surface area (TPSA) is 43.8 Å². The molecule has 1 atom stereocenters. The molecule has 0 aromatic carbocycles. The fourth-order valence-electron chi connectivity index (χ4n) is 2.31. The molecule has 0 saturated heterocycles. The highest BCUT2D eigenvalue weighted by Gasteiger charge is 2.19. The van der Waals surface area contributed by atoms with Crippen LogP contribution in [0.1, 0.15) is 46.6 Å². The molecule has 20 heavy (non-hydrogen) atoms. The van der Waals surface area contributed by atoms with Crippen LogP contribution >= 0.6 is 22.9 Å². The van der Waals surface area contributed by atoms with Crippen LogP contribution in [0.2, 0.25) is 5.02 Å². The molecule has 2 heterocycles. The Morgan fingerprint density at radius 3 is 2.60 bits per heavy atom. The molecular formula is C15H22ClN3S. The Kier molecular flexibility index (Phi) is 4.89. The van der Waals surface area contributed by atoms with E-state index in [1.807, 2.05) is 4.68 Å². The fraction of sp³-hybridized carbons (Fsp3) is 0.533. The molecule has 0 fully saturated rings. The summed E-state index contributed by atoms with van der Waals surface area (Å²) in [6.45, 7) is 9.24. The van der Waals surface area contributed by atoms with Gasteiger partial charge in [0, 0.05) is 28.8 Å². The number of hydrogen-bond acceptors (Lipinski definition) is 3. The van der Waals surface area contributed by atoms with Gasteiger partial charge in [0.1, 0.15) is 0 Å². The minimum Gasteiger partial charge on any atom is -0.323 e. The maximum Gasteiger partial charge on any atom is 0.0850 e. The second kappa shape index (κ2) is 6.29. The van der Waals surface area contributed by atoms with Crippen LogP contribution in [-0.4, -0.2) is 9.78 Å². The molecule has 2 aromatic heterocycles. The Morgan fingerprint density at radius 1 is 1.40 bits per heavy atom.